The van der Waals surface area contributed by atoms with Crippen LogP contribution in [-0.2, 0) is 41.4 Å². The maximum absolute atomic E-state index is 14.3. The van der Waals surface area contributed by atoms with Crippen molar-refractivity contribution in [3.05, 3.63) is 46.5 Å². The highest BCUT2D eigenvalue weighted by molar-refractivity contribution is 6.06. The highest BCUT2D eigenvalue weighted by Gasteiger charge is 2.44. The van der Waals surface area contributed by atoms with E-state index >= 15 is 0 Å². The molecule has 0 spiro atoms. The predicted octanol–water partition coefficient (Wildman–Crippen LogP) is 6.25. The summed E-state index contributed by atoms with van der Waals surface area (Å²) in [7, 11) is 3.85. The summed E-state index contributed by atoms with van der Waals surface area (Å²) in [5.41, 5.74) is 0.603. The monoisotopic (exact) mass is 939 g/mol. The number of methoxy groups -OCH3 is 3. The number of benzene rings is 2. The summed E-state index contributed by atoms with van der Waals surface area (Å²) in [6.45, 7) is 21.8. The van der Waals surface area contributed by atoms with Crippen LogP contribution in [0.2, 0.25) is 0 Å². The zero-order chi connectivity index (χ0) is 50.2. The smallest absolute Gasteiger partial charge is 0.410 e. The van der Waals surface area contributed by atoms with Crippen molar-refractivity contribution < 1.29 is 62.0 Å². The Hall–Kier alpha value is -6.27. The quantitative estimate of drug-likeness (QED) is 0.178. The number of anilines is 2. The van der Waals surface area contributed by atoms with E-state index in [-0.39, 0.29) is 62.1 Å². The van der Waals surface area contributed by atoms with Crippen LogP contribution in [0.25, 0.3) is 0 Å². The Morgan fingerprint density at radius 2 is 1.22 bits per heavy atom. The fourth-order valence-corrected chi connectivity index (χ4v) is 8.16. The van der Waals surface area contributed by atoms with E-state index in [0.29, 0.717) is 59.9 Å². The molecule has 2 N–H and O–H groups in total. The van der Waals surface area contributed by atoms with E-state index < -0.39 is 35.0 Å². The van der Waals surface area contributed by atoms with Crippen molar-refractivity contribution in [2.75, 3.05) is 70.4 Å². The molecule has 19 nitrogen and oxygen atoms in total. The molecular weight excluding hydrogens is 869 g/mol. The van der Waals surface area contributed by atoms with Gasteiger partial charge in [0.2, 0.25) is 0 Å². The molecule has 0 bridgehead atoms. The third-order valence-corrected chi connectivity index (χ3v) is 11.4. The third-order valence-electron chi connectivity index (χ3n) is 11.4. The molecule has 0 radical (unpaired) electrons. The van der Waals surface area contributed by atoms with Gasteiger partial charge in [-0.3, -0.25) is 14.4 Å². The molecule has 3 heterocycles. The zero-order valence-electron chi connectivity index (χ0n) is 41.6. The Kier molecular flexibility index (Phi) is 17.5. The minimum atomic E-state index is -1.12. The van der Waals surface area contributed by atoms with E-state index in [1.165, 1.54) is 26.2 Å². The number of hydrogen-bond acceptors (Lipinski definition) is 13. The Morgan fingerprint density at radius 1 is 0.761 bits per heavy atom. The van der Waals surface area contributed by atoms with Gasteiger partial charge in [0.15, 0.2) is 11.2 Å². The van der Waals surface area contributed by atoms with E-state index in [1.807, 2.05) is 59.4 Å². The molecule has 0 aromatic heterocycles. The topological polar surface area (TPSA) is 212 Å². The lowest BCUT2D eigenvalue weighted by Gasteiger charge is -2.42. The number of nitrogens with one attached hydrogen (secondary N) is 2. The second kappa shape index (κ2) is 22.0. The summed E-state index contributed by atoms with van der Waals surface area (Å²) in [6.07, 6.45) is 1.15. The number of hydrogen-bond donors (Lipinski definition) is 2. The lowest BCUT2D eigenvalue weighted by atomic mass is 9.96. The number of carbonyl (C=O) groups excluding carboxylic acids is 7. The largest absolute Gasteiger partial charge is 0.476 e. The molecule has 1 saturated heterocycles. The molecule has 6 amide bonds. The van der Waals surface area contributed by atoms with E-state index in [1.54, 1.807) is 55.7 Å². The van der Waals surface area contributed by atoms with Gasteiger partial charge in [-0.2, -0.15) is 0 Å². The van der Waals surface area contributed by atoms with Gasteiger partial charge in [0.1, 0.15) is 17.1 Å². The van der Waals surface area contributed by atoms with Crippen molar-refractivity contribution in [3.8, 4) is 11.5 Å². The van der Waals surface area contributed by atoms with Crippen molar-refractivity contribution in [2.24, 2.45) is 0 Å². The summed E-state index contributed by atoms with van der Waals surface area (Å²) < 4.78 is 31.6. The predicted molar refractivity (Wildman–Crippen MR) is 250 cm³/mol. The van der Waals surface area contributed by atoms with Crippen LogP contribution in [0.5, 0.6) is 11.5 Å². The van der Waals surface area contributed by atoms with E-state index in [9.17, 15) is 33.6 Å². The van der Waals surface area contributed by atoms with Crippen LogP contribution < -0.4 is 29.9 Å². The summed E-state index contributed by atoms with van der Waals surface area (Å²) in [5, 5.41) is 5.15. The Balaban J connectivity index is 0.000000324. The lowest BCUT2D eigenvalue weighted by Crippen LogP contribution is -2.55. The number of likely N-dealkylation sites (tertiary alicyclic amines) is 1. The molecule has 2 aromatic rings. The van der Waals surface area contributed by atoms with Crippen molar-refractivity contribution in [1.29, 1.82) is 0 Å². The molecule has 3 aliphatic rings. The molecule has 3 aliphatic heterocycles. The van der Waals surface area contributed by atoms with Gasteiger partial charge in [0, 0.05) is 50.9 Å². The van der Waals surface area contributed by atoms with Crippen LogP contribution in [0.1, 0.15) is 121 Å². The van der Waals surface area contributed by atoms with E-state index in [4.69, 9.17) is 18.9 Å². The number of esters is 1. The van der Waals surface area contributed by atoms with Gasteiger partial charge in [0.25, 0.3) is 17.7 Å². The number of aryl methyl sites for hydroxylation is 2. The molecule has 1 atom stereocenters. The van der Waals surface area contributed by atoms with Crippen LogP contribution in [0.15, 0.2) is 24.3 Å². The first-order chi connectivity index (χ1) is 31.3. The number of rotatable bonds is 12. The maximum atomic E-state index is 14.3. The first kappa shape index (κ1) is 53.3. The van der Waals surface area contributed by atoms with Crippen molar-refractivity contribution in [2.45, 2.75) is 131 Å². The summed E-state index contributed by atoms with van der Waals surface area (Å²) in [5.74, 6) is -0.171. The van der Waals surface area contributed by atoms with Crippen molar-refractivity contribution in [1.82, 2.24) is 20.4 Å². The first-order valence-electron chi connectivity index (χ1n) is 22.7. The molecule has 0 saturated carbocycles. The molecule has 1 fully saturated rings. The summed E-state index contributed by atoms with van der Waals surface area (Å²) in [4.78, 5) is 94.9. The van der Waals surface area contributed by atoms with Gasteiger partial charge in [-0.1, -0.05) is 13.8 Å². The van der Waals surface area contributed by atoms with Crippen molar-refractivity contribution >= 4 is 53.3 Å². The minimum absolute atomic E-state index is 0.135. The van der Waals surface area contributed by atoms with Crippen LogP contribution in [0.4, 0.5) is 25.8 Å². The normalized spacial score (nSPS) is 17.1. The fraction of sp³-hybridized carbons (Fsp3) is 0.604. The molecular formula is C48H70N6O13. The number of amides is 6. The highest BCUT2D eigenvalue weighted by Crippen LogP contribution is 2.42. The molecule has 370 valence electrons. The van der Waals surface area contributed by atoms with E-state index in [0.717, 1.165) is 24.0 Å². The summed E-state index contributed by atoms with van der Waals surface area (Å²) >= 11 is 0. The standard InChI is InChI=1S/C30H46N4O7.C18H24N2O6/c1-10-20-16-24-23(33(15-13-31-27(37)39-9)26(36)30(7,8)40-24)17-22(20)25(35)34(19(2)3)21-12-11-14-32(18-21)28(38)41-29(4,5)6;1-6-11-9-14-13(10-12(11)15(21)24-4)20(8-7-19-17(23)25-5)16(22)18(2,3)26-14/h16-17,19,21H,10-15,18H2,1-9H3,(H,31,37);9-10H,6-8H2,1-5H3,(H,19,23)/t21-;/m1./s1. The zero-order valence-corrected chi connectivity index (χ0v) is 41.6. The van der Waals surface area contributed by atoms with Gasteiger partial charge >= 0.3 is 24.2 Å². The summed E-state index contributed by atoms with van der Waals surface area (Å²) in [6, 6.07) is 6.60. The minimum Gasteiger partial charge on any atom is -0.476 e. The average Bonchev–Trinajstić information content (AvgIpc) is 3.27. The van der Waals surface area contributed by atoms with Gasteiger partial charge < -0.3 is 58.7 Å². The third kappa shape index (κ3) is 12.8. The molecule has 2 aromatic carbocycles. The number of carbonyl (C=O) groups is 7. The molecule has 0 aliphatic carbocycles. The molecule has 67 heavy (non-hydrogen) atoms. The molecule has 5 rings (SSSR count). The molecule has 0 unspecified atom stereocenters. The maximum Gasteiger partial charge on any atom is 0.410 e. The van der Waals surface area contributed by atoms with Gasteiger partial charge in [-0.05, 0) is 123 Å². The Bertz CT molecular complexity index is 2180. The van der Waals surface area contributed by atoms with Crippen LogP contribution in [-0.4, -0.2) is 141 Å². The highest BCUT2D eigenvalue weighted by atomic mass is 16.6. The van der Waals surface area contributed by atoms with Crippen LogP contribution in [0, 0.1) is 0 Å². The number of fused-ring (bicyclic) bond motifs is 2. The Labute approximate surface area is 394 Å². The number of alkyl carbamates (subject to hydrolysis) is 2. The number of ether oxygens (including phenoxy) is 6. The lowest BCUT2D eigenvalue weighted by molar-refractivity contribution is -0.133. The Morgan fingerprint density at radius 3 is 1.64 bits per heavy atom. The van der Waals surface area contributed by atoms with Gasteiger partial charge in [-0.15, -0.1) is 0 Å². The number of piperidine rings is 1. The average molecular weight is 939 g/mol. The van der Waals surface area contributed by atoms with Gasteiger partial charge in [-0.25, -0.2) is 19.2 Å². The van der Waals surface area contributed by atoms with Crippen molar-refractivity contribution in [3.63, 3.8) is 0 Å². The second-order valence-corrected chi connectivity index (χ2v) is 18.7. The fourth-order valence-electron chi connectivity index (χ4n) is 8.16. The molecule has 19 heteroatoms. The van der Waals surface area contributed by atoms with Crippen LogP contribution in [0.3, 0.4) is 0 Å². The van der Waals surface area contributed by atoms with Crippen LogP contribution >= 0.6 is 0 Å². The first-order valence-corrected chi connectivity index (χ1v) is 22.7. The number of nitrogens with zero attached hydrogens (tertiary/aromatic N) is 4. The van der Waals surface area contributed by atoms with E-state index in [2.05, 4.69) is 20.1 Å². The SMILES string of the molecule is CCc1cc2c(cc1C(=O)N(C(C)C)[C@@H]1CCCN(C(=O)OC(C)(C)C)C1)N(CCNC(=O)OC)C(=O)C(C)(C)O2.CCc1cc2c(cc1C(=O)OC)N(CCNC(=O)OC)C(=O)C(C)(C)O2. The van der Waals surface area contributed by atoms with Gasteiger partial charge in [0.05, 0.1) is 44.3 Å². The second-order valence-electron chi connectivity index (χ2n) is 18.7.